The van der Waals surface area contributed by atoms with Crippen LogP contribution in [0.4, 0.5) is 5.69 Å². The van der Waals surface area contributed by atoms with E-state index in [0.29, 0.717) is 17.0 Å². The molecule has 1 amide bonds. The summed E-state index contributed by atoms with van der Waals surface area (Å²) in [7, 11) is 1.52. The molecule has 0 atom stereocenters. The summed E-state index contributed by atoms with van der Waals surface area (Å²) in [4.78, 5) is 16.7. The summed E-state index contributed by atoms with van der Waals surface area (Å²) in [5, 5.41) is 5.67. The number of methoxy groups -OCH3 is 1. The van der Waals surface area contributed by atoms with Crippen LogP contribution >= 0.6 is 11.3 Å². The van der Waals surface area contributed by atoms with Crippen molar-refractivity contribution < 1.29 is 9.53 Å². The van der Waals surface area contributed by atoms with Gasteiger partial charge >= 0.3 is 0 Å². The zero-order valence-electron chi connectivity index (χ0n) is 11.6. The first-order chi connectivity index (χ1) is 9.44. The lowest BCUT2D eigenvalue weighted by Gasteiger charge is -2.24. The minimum Gasteiger partial charge on any atom is -0.496 e. The molecule has 0 spiro atoms. The first-order valence-corrected chi connectivity index (χ1v) is 6.98. The number of nitrogen functional groups attached to an aromatic ring is 1. The van der Waals surface area contributed by atoms with Crippen molar-refractivity contribution in [2.75, 3.05) is 12.8 Å². The number of aromatic nitrogens is 1. The van der Waals surface area contributed by atoms with E-state index >= 15 is 0 Å². The smallest absolute Gasteiger partial charge is 0.255 e. The molecule has 2 rings (SSSR count). The lowest BCUT2D eigenvalue weighted by molar-refractivity contribution is 0.0909. The van der Waals surface area contributed by atoms with Crippen LogP contribution in [-0.4, -0.2) is 18.0 Å². The number of ether oxygens (including phenoxy) is 1. The van der Waals surface area contributed by atoms with Crippen LogP contribution in [0.1, 0.15) is 29.2 Å². The number of hydrogen-bond acceptors (Lipinski definition) is 5. The van der Waals surface area contributed by atoms with Gasteiger partial charge in [-0.2, -0.15) is 0 Å². The van der Waals surface area contributed by atoms with Crippen molar-refractivity contribution in [2.24, 2.45) is 0 Å². The van der Waals surface area contributed by atoms with Gasteiger partial charge in [-0.25, -0.2) is 4.98 Å². The van der Waals surface area contributed by atoms with Gasteiger partial charge in [0.2, 0.25) is 0 Å². The summed E-state index contributed by atoms with van der Waals surface area (Å²) in [5.74, 6) is 0.251. The number of nitrogens with one attached hydrogen (secondary N) is 1. The van der Waals surface area contributed by atoms with Gasteiger partial charge < -0.3 is 15.8 Å². The Morgan fingerprint density at radius 3 is 2.80 bits per heavy atom. The molecule has 1 heterocycles. The van der Waals surface area contributed by atoms with Crippen molar-refractivity contribution in [3.63, 3.8) is 0 Å². The first-order valence-electron chi connectivity index (χ1n) is 6.10. The molecule has 5 nitrogen and oxygen atoms in total. The van der Waals surface area contributed by atoms with Crippen LogP contribution < -0.4 is 15.8 Å². The molecule has 1 aromatic carbocycles. The van der Waals surface area contributed by atoms with E-state index < -0.39 is 5.54 Å². The third-order valence-electron chi connectivity index (χ3n) is 2.86. The Morgan fingerprint density at radius 2 is 2.20 bits per heavy atom. The van der Waals surface area contributed by atoms with E-state index in [2.05, 4.69) is 10.3 Å². The highest BCUT2D eigenvalue weighted by Gasteiger charge is 2.27. The van der Waals surface area contributed by atoms with Crippen LogP contribution in [0, 0.1) is 0 Å². The maximum atomic E-state index is 12.4. The molecule has 20 heavy (non-hydrogen) atoms. The van der Waals surface area contributed by atoms with Crippen molar-refractivity contribution in [1.29, 1.82) is 0 Å². The third kappa shape index (κ3) is 2.91. The molecule has 0 unspecified atom stereocenters. The lowest BCUT2D eigenvalue weighted by Crippen LogP contribution is -2.41. The Labute approximate surface area is 121 Å². The Balaban J connectivity index is 2.26. The van der Waals surface area contributed by atoms with Gasteiger partial charge in [0.15, 0.2) is 0 Å². The van der Waals surface area contributed by atoms with E-state index in [-0.39, 0.29) is 5.91 Å². The van der Waals surface area contributed by atoms with E-state index in [0.717, 1.165) is 5.01 Å². The molecule has 0 saturated heterocycles. The van der Waals surface area contributed by atoms with E-state index in [1.165, 1.54) is 18.4 Å². The van der Waals surface area contributed by atoms with Crippen molar-refractivity contribution in [3.8, 4) is 5.75 Å². The fraction of sp³-hybridized carbons (Fsp3) is 0.286. The van der Waals surface area contributed by atoms with Crippen molar-refractivity contribution >= 4 is 22.9 Å². The average molecular weight is 291 g/mol. The Morgan fingerprint density at radius 1 is 1.45 bits per heavy atom. The van der Waals surface area contributed by atoms with Crippen LogP contribution in [0.15, 0.2) is 29.8 Å². The summed E-state index contributed by atoms with van der Waals surface area (Å²) in [5.41, 5.74) is 6.11. The molecule has 0 aliphatic heterocycles. The van der Waals surface area contributed by atoms with Crippen LogP contribution in [-0.2, 0) is 5.54 Å². The lowest BCUT2D eigenvalue weighted by atomic mass is 10.1. The number of amides is 1. The zero-order valence-corrected chi connectivity index (χ0v) is 12.5. The van der Waals surface area contributed by atoms with Crippen LogP contribution in [0.5, 0.6) is 5.75 Å². The minimum absolute atomic E-state index is 0.241. The van der Waals surface area contributed by atoms with Crippen LogP contribution in [0.2, 0.25) is 0 Å². The van der Waals surface area contributed by atoms with Crippen molar-refractivity contribution in [3.05, 3.63) is 40.3 Å². The average Bonchev–Trinajstić information content (AvgIpc) is 2.92. The molecular weight excluding hydrogens is 274 g/mol. The van der Waals surface area contributed by atoms with Crippen LogP contribution in [0.25, 0.3) is 0 Å². The third-order valence-corrected chi connectivity index (χ3v) is 3.96. The topological polar surface area (TPSA) is 77.2 Å². The van der Waals surface area contributed by atoms with Gasteiger partial charge in [0.05, 0.1) is 18.2 Å². The molecular formula is C14H17N3O2S. The summed E-state index contributed by atoms with van der Waals surface area (Å²) in [6.45, 7) is 3.81. The number of nitrogens with zero attached hydrogens (tertiary/aromatic N) is 1. The number of carbonyl (C=O) groups excluding carboxylic acids is 1. The monoisotopic (exact) mass is 291 g/mol. The molecule has 1 aromatic heterocycles. The predicted octanol–water partition coefficient (Wildman–Crippen LogP) is 2.40. The molecule has 106 valence electrons. The number of thiazole rings is 1. The van der Waals surface area contributed by atoms with Gasteiger partial charge in [0.25, 0.3) is 5.91 Å². The highest BCUT2D eigenvalue weighted by molar-refractivity contribution is 7.09. The Kier molecular flexibility index (Phi) is 3.94. The second-order valence-electron chi connectivity index (χ2n) is 4.88. The maximum absolute atomic E-state index is 12.4. The highest BCUT2D eigenvalue weighted by Crippen LogP contribution is 2.25. The number of anilines is 1. The summed E-state index contributed by atoms with van der Waals surface area (Å²) in [6, 6.07) is 4.98. The predicted molar refractivity (Wildman–Crippen MR) is 80.0 cm³/mol. The second-order valence-corrected chi connectivity index (χ2v) is 5.77. The van der Waals surface area contributed by atoms with Crippen molar-refractivity contribution in [2.45, 2.75) is 19.4 Å². The molecule has 0 saturated carbocycles. The molecule has 3 N–H and O–H groups in total. The number of benzene rings is 1. The molecule has 0 fully saturated rings. The minimum atomic E-state index is -0.555. The number of rotatable bonds is 4. The van der Waals surface area contributed by atoms with Crippen molar-refractivity contribution in [1.82, 2.24) is 10.3 Å². The molecule has 2 aromatic rings. The number of carbonyl (C=O) groups is 1. The van der Waals surface area contributed by atoms with Gasteiger partial charge in [0, 0.05) is 17.3 Å². The van der Waals surface area contributed by atoms with Gasteiger partial charge in [-0.1, -0.05) is 0 Å². The number of nitrogens with two attached hydrogens (primary N) is 1. The Hall–Kier alpha value is -2.08. The second kappa shape index (κ2) is 5.50. The standard InChI is InChI=1S/C14H17N3O2S/c1-14(2,13-16-6-7-20-13)17-12(18)10-8-9(15)4-5-11(10)19-3/h4-8H,15H2,1-3H3,(H,17,18). The normalized spacial score (nSPS) is 11.2. The SMILES string of the molecule is COc1ccc(N)cc1C(=O)NC(C)(C)c1nccs1. The molecule has 0 aliphatic carbocycles. The van der Waals surface area contributed by atoms with Gasteiger partial charge in [-0.05, 0) is 32.0 Å². The van der Waals surface area contributed by atoms with Gasteiger partial charge in [-0.15, -0.1) is 11.3 Å². The first kappa shape index (κ1) is 14.3. The summed E-state index contributed by atoms with van der Waals surface area (Å²) < 4.78 is 5.20. The molecule has 0 aliphatic rings. The van der Waals surface area contributed by atoms with Crippen LogP contribution in [0.3, 0.4) is 0 Å². The molecule has 0 bridgehead atoms. The largest absolute Gasteiger partial charge is 0.496 e. The van der Waals surface area contributed by atoms with E-state index in [9.17, 15) is 4.79 Å². The zero-order chi connectivity index (χ0) is 14.8. The quantitative estimate of drug-likeness (QED) is 0.848. The summed E-state index contributed by atoms with van der Waals surface area (Å²) >= 11 is 1.50. The fourth-order valence-electron chi connectivity index (χ4n) is 1.84. The molecule has 0 radical (unpaired) electrons. The number of hydrogen-bond donors (Lipinski definition) is 2. The fourth-order valence-corrected chi connectivity index (χ4v) is 2.56. The summed E-state index contributed by atoms with van der Waals surface area (Å²) in [6.07, 6.45) is 1.72. The highest BCUT2D eigenvalue weighted by atomic mass is 32.1. The van der Waals surface area contributed by atoms with Gasteiger partial charge in [-0.3, -0.25) is 4.79 Å². The van der Waals surface area contributed by atoms with E-state index in [1.54, 1.807) is 24.4 Å². The Bertz CT molecular complexity index is 609. The van der Waals surface area contributed by atoms with E-state index in [1.807, 2.05) is 19.2 Å². The maximum Gasteiger partial charge on any atom is 0.255 e. The van der Waals surface area contributed by atoms with Gasteiger partial charge in [0.1, 0.15) is 10.8 Å². The van der Waals surface area contributed by atoms with E-state index in [4.69, 9.17) is 10.5 Å². The molecule has 6 heteroatoms.